The fourth-order valence-corrected chi connectivity index (χ4v) is 1.78. The van der Waals surface area contributed by atoms with Crippen molar-refractivity contribution >= 4 is 5.78 Å². The summed E-state index contributed by atoms with van der Waals surface area (Å²) >= 11 is 0. The highest BCUT2D eigenvalue weighted by molar-refractivity contribution is 6.00. The molecule has 2 heteroatoms. The number of aryl methyl sites for hydroxylation is 1. The summed E-state index contributed by atoms with van der Waals surface area (Å²) in [6.45, 7) is 5.96. The number of fused-ring (bicyclic) bond motifs is 1. The summed E-state index contributed by atoms with van der Waals surface area (Å²) < 4.78 is 5.69. The van der Waals surface area contributed by atoms with Crippen molar-refractivity contribution in [1.29, 1.82) is 0 Å². The number of benzene rings is 1. The van der Waals surface area contributed by atoms with Crippen molar-refractivity contribution in [2.75, 3.05) is 0 Å². The molecule has 0 saturated carbocycles. The number of hydrogen-bond donors (Lipinski definition) is 0. The summed E-state index contributed by atoms with van der Waals surface area (Å²) in [5.74, 6) is 0.982. The van der Waals surface area contributed by atoms with E-state index in [4.69, 9.17) is 4.74 Å². The first-order valence-corrected chi connectivity index (χ1v) is 4.89. The highest BCUT2D eigenvalue weighted by Gasteiger charge is 2.25. The van der Waals surface area contributed by atoms with Gasteiger partial charge in [0.15, 0.2) is 5.78 Å². The summed E-state index contributed by atoms with van der Waals surface area (Å²) in [4.78, 5) is 11.7. The van der Waals surface area contributed by atoms with Crippen molar-refractivity contribution in [2.24, 2.45) is 0 Å². The first kappa shape index (κ1) is 9.25. The zero-order valence-corrected chi connectivity index (χ0v) is 8.76. The maximum Gasteiger partial charge on any atom is 0.170 e. The second-order valence-corrected chi connectivity index (χ2v) is 3.94. The van der Waals surface area contributed by atoms with Crippen molar-refractivity contribution < 1.29 is 9.53 Å². The molecule has 0 amide bonds. The second kappa shape index (κ2) is 3.12. The molecule has 2 nitrogen and oxygen atoms in total. The van der Waals surface area contributed by atoms with E-state index in [1.165, 1.54) is 5.56 Å². The van der Waals surface area contributed by atoms with Crippen LogP contribution in [-0.2, 0) is 0 Å². The minimum atomic E-state index is 0.00972. The summed E-state index contributed by atoms with van der Waals surface area (Å²) in [7, 11) is 0. The average Bonchev–Trinajstić information content (AvgIpc) is 2.12. The molecule has 0 unspecified atom stereocenters. The van der Waals surface area contributed by atoms with Gasteiger partial charge < -0.3 is 4.74 Å². The van der Waals surface area contributed by atoms with Crippen LogP contribution >= 0.6 is 0 Å². The van der Waals surface area contributed by atoms with E-state index in [0.717, 1.165) is 16.9 Å². The first-order chi connectivity index (χ1) is 6.59. The maximum absolute atomic E-state index is 11.7. The number of carbonyl (C=O) groups excluding carboxylic acids is 1. The van der Waals surface area contributed by atoms with Gasteiger partial charge in [-0.2, -0.15) is 0 Å². The summed E-state index contributed by atoms with van der Waals surface area (Å²) in [6.07, 6.45) is 0.505. The predicted octanol–water partition coefficient (Wildman–Crippen LogP) is 2.66. The standard InChI is InChI=1S/C12H14O2/c1-7-4-5-10-11(13)6-8(2)14-12(10)9(7)3/h4-5,8H,6H2,1-3H3/t8-/m1/s1. The third kappa shape index (κ3) is 1.31. The molecule has 1 aromatic rings. The monoisotopic (exact) mass is 190 g/mol. The Morgan fingerprint density at radius 3 is 2.79 bits per heavy atom. The van der Waals surface area contributed by atoms with Gasteiger partial charge in [0.25, 0.3) is 0 Å². The van der Waals surface area contributed by atoms with Gasteiger partial charge in [-0.3, -0.25) is 4.79 Å². The number of ether oxygens (including phenoxy) is 1. The Balaban J connectivity index is 2.59. The number of rotatable bonds is 0. The van der Waals surface area contributed by atoms with Crippen molar-refractivity contribution in [2.45, 2.75) is 33.3 Å². The van der Waals surface area contributed by atoms with Gasteiger partial charge in [-0.05, 0) is 38.0 Å². The molecule has 1 heterocycles. The van der Waals surface area contributed by atoms with E-state index in [1.54, 1.807) is 0 Å². The number of ketones is 1. The Morgan fingerprint density at radius 2 is 2.07 bits per heavy atom. The zero-order valence-electron chi connectivity index (χ0n) is 8.76. The molecular weight excluding hydrogens is 176 g/mol. The molecule has 1 aliphatic heterocycles. The quantitative estimate of drug-likeness (QED) is 0.628. The minimum Gasteiger partial charge on any atom is -0.489 e. The second-order valence-electron chi connectivity index (χ2n) is 3.94. The van der Waals surface area contributed by atoms with Gasteiger partial charge in [-0.1, -0.05) is 6.07 Å². The van der Waals surface area contributed by atoms with Crippen molar-refractivity contribution in [3.05, 3.63) is 28.8 Å². The van der Waals surface area contributed by atoms with E-state index in [-0.39, 0.29) is 11.9 Å². The van der Waals surface area contributed by atoms with E-state index in [2.05, 4.69) is 0 Å². The minimum absolute atomic E-state index is 0.00972. The normalized spacial score (nSPS) is 20.2. The lowest BCUT2D eigenvalue weighted by molar-refractivity contribution is 0.0869. The molecule has 0 N–H and O–H groups in total. The van der Waals surface area contributed by atoms with Crippen LogP contribution in [-0.4, -0.2) is 11.9 Å². The van der Waals surface area contributed by atoms with E-state index in [9.17, 15) is 4.79 Å². The van der Waals surface area contributed by atoms with Crippen LogP contribution in [0.25, 0.3) is 0 Å². The Kier molecular flexibility index (Phi) is 2.06. The van der Waals surface area contributed by atoms with E-state index < -0.39 is 0 Å². The van der Waals surface area contributed by atoms with E-state index >= 15 is 0 Å². The lowest BCUT2D eigenvalue weighted by Gasteiger charge is -2.24. The molecule has 0 radical (unpaired) electrons. The predicted molar refractivity (Wildman–Crippen MR) is 55.0 cm³/mol. The summed E-state index contributed by atoms with van der Waals surface area (Å²) in [5, 5.41) is 0. The van der Waals surface area contributed by atoms with Crippen molar-refractivity contribution in [1.82, 2.24) is 0 Å². The largest absolute Gasteiger partial charge is 0.489 e. The van der Waals surface area contributed by atoms with Gasteiger partial charge in [0.2, 0.25) is 0 Å². The molecular formula is C12H14O2. The molecule has 1 aromatic carbocycles. The SMILES string of the molecule is Cc1ccc2c(c1C)O[C@H](C)CC2=O. The molecule has 1 aliphatic rings. The highest BCUT2D eigenvalue weighted by Crippen LogP contribution is 2.32. The lowest BCUT2D eigenvalue weighted by Crippen LogP contribution is -2.24. The molecule has 14 heavy (non-hydrogen) atoms. The topological polar surface area (TPSA) is 26.3 Å². The molecule has 0 aromatic heterocycles. The van der Waals surface area contributed by atoms with Crippen LogP contribution < -0.4 is 4.74 Å². The van der Waals surface area contributed by atoms with E-state index in [1.807, 2.05) is 32.9 Å². The molecule has 74 valence electrons. The van der Waals surface area contributed by atoms with Crippen LogP contribution in [0.1, 0.15) is 34.8 Å². The van der Waals surface area contributed by atoms with Crippen LogP contribution in [0, 0.1) is 13.8 Å². The van der Waals surface area contributed by atoms with Crippen LogP contribution in [0.5, 0.6) is 5.75 Å². The molecule has 0 saturated heterocycles. The highest BCUT2D eigenvalue weighted by atomic mass is 16.5. The third-order valence-corrected chi connectivity index (χ3v) is 2.77. The smallest absolute Gasteiger partial charge is 0.170 e. The van der Waals surface area contributed by atoms with Gasteiger partial charge in [0, 0.05) is 6.42 Å². The van der Waals surface area contributed by atoms with Gasteiger partial charge in [-0.25, -0.2) is 0 Å². The van der Waals surface area contributed by atoms with Crippen LogP contribution in [0.15, 0.2) is 12.1 Å². The Hall–Kier alpha value is -1.31. The molecule has 0 spiro atoms. The lowest BCUT2D eigenvalue weighted by atomic mass is 9.96. The molecule has 0 fully saturated rings. The van der Waals surface area contributed by atoms with Crippen LogP contribution in [0.2, 0.25) is 0 Å². The molecule has 1 atom stereocenters. The Labute approximate surface area is 83.9 Å². The molecule has 0 bridgehead atoms. The van der Waals surface area contributed by atoms with Gasteiger partial charge in [-0.15, -0.1) is 0 Å². The Bertz CT molecular complexity index is 394. The van der Waals surface area contributed by atoms with Gasteiger partial charge in [0.1, 0.15) is 11.9 Å². The number of carbonyl (C=O) groups is 1. The third-order valence-electron chi connectivity index (χ3n) is 2.77. The van der Waals surface area contributed by atoms with Crippen LogP contribution in [0.3, 0.4) is 0 Å². The molecule has 0 aliphatic carbocycles. The van der Waals surface area contributed by atoms with Crippen molar-refractivity contribution in [3.8, 4) is 5.75 Å². The van der Waals surface area contributed by atoms with Crippen LogP contribution in [0.4, 0.5) is 0 Å². The maximum atomic E-state index is 11.7. The summed E-state index contributed by atoms with van der Waals surface area (Å²) in [6, 6.07) is 3.84. The fraction of sp³-hybridized carbons (Fsp3) is 0.417. The number of Topliss-reactive ketones (excluding diaryl/α,β-unsaturated/α-hetero) is 1. The first-order valence-electron chi connectivity index (χ1n) is 4.89. The van der Waals surface area contributed by atoms with Gasteiger partial charge in [0.05, 0.1) is 5.56 Å². The fourth-order valence-electron chi connectivity index (χ4n) is 1.78. The van der Waals surface area contributed by atoms with Crippen molar-refractivity contribution in [3.63, 3.8) is 0 Å². The Morgan fingerprint density at radius 1 is 1.36 bits per heavy atom. The summed E-state index contributed by atoms with van der Waals surface area (Å²) in [5.41, 5.74) is 3.00. The van der Waals surface area contributed by atoms with E-state index in [0.29, 0.717) is 6.42 Å². The zero-order chi connectivity index (χ0) is 10.3. The molecule has 2 rings (SSSR count). The van der Waals surface area contributed by atoms with Gasteiger partial charge >= 0.3 is 0 Å². The number of hydrogen-bond acceptors (Lipinski definition) is 2. The average molecular weight is 190 g/mol.